The summed E-state index contributed by atoms with van der Waals surface area (Å²) in [7, 11) is 0. The van der Waals surface area contributed by atoms with Crippen molar-refractivity contribution in [2.24, 2.45) is 4.99 Å². The Morgan fingerprint density at radius 3 is 2.22 bits per heavy atom. The molecule has 1 aliphatic heterocycles. The van der Waals surface area contributed by atoms with Crippen LogP contribution in [0.25, 0.3) is 0 Å². The number of amides is 1. The fourth-order valence-electron chi connectivity index (χ4n) is 4.03. The molecule has 0 fully saturated rings. The Kier molecular flexibility index (Phi) is 7.03. The highest BCUT2D eigenvalue weighted by Gasteiger charge is 2.34. The molecule has 194 valence electrons. The van der Waals surface area contributed by atoms with Gasteiger partial charge in [0.25, 0.3) is 5.91 Å². The van der Waals surface area contributed by atoms with Crippen LogP contribution in [0.5, 0.6) is 11.5 Å². The van der Waals surface area contributed by atoms with Gasteiger partial charge in [0.05, 0.1) is 11.3 Å². The molecule has 37 heavy (non-hydrogen) atoms. The summed E-state index contributed by atoms with van der Waals surface area (Å²) in [6.07, 6.45) is -8.70. The summed E-state index contributed by atoms with van der Waals surface area (Å²) in [4.78, 5) is 18.6. The summed E-state index contributed by atoms with van der Waals surface area (Å²) in [6, 6.07) is 13.8. The summed E-state index contributed by atoms with van der Waals surface area (Å²) in [5.74, 6) is 0.151. The number of aryl methyl sites for hydroxylation is 1. The van der Waals surface area contributed by atoms with Gasteiger partial charge in [-0.2, -0.15) is 26.3 Å². The van der Waals surface area contributed by atoms with Crippen molar-refractivity contribution in [3.8, 4) is 11.5 Å². The molecule has 0 atom stereocenters. The van der Waals surface area contributed by atoms with Crippen molar-refractivity contribution in [1.82, 2.24) is 0 Å². The monoisotopic (exact) mass is 520 g/mol. The summed E-state index contributed by atoms with van der Waals surface area (Å²) < 4.78 is 83.3. The molecule has 4 rings (SSSR count). The van der Waals surface area contributed by atoms with Gasteiger partial charge >= 0.3 is 12.4 Å². The van der Waals surface area contributed by atoms with E-state index in [4.69, 9.17) is 4.74 Å². The van der Waals surface area contributed by atoms with E-state index in [9.17, 15) is 31.1 Å². The van der Waals surface area contributed by atoms with Gasteiger partial charge in [0.1, 0.15) is 17.2 Å². The number of fused-ring (bicyclic) bond motifs is 1. The SMILES string of the molecule is CCC(=Nc1ccc(N2CCc3ccc(Oc4ccc(C(F)(F)F)cc4)cc3C2=O)cc1C)C(F)(F)F. The van der Waals surface area contributed by atoms with Crippen LogP contribution in [0.2, 0.25) is 0 Å². The van der Waals surface area contributed by atoms with Crippen LogP contribution in [0.3, 0.4) is 0 Å². The molecule has 10 heteroatoms. The van der Waals surface area contributed by atoms with Gasteiger partial charge in [-0.05, 0) is 85.5 Å². The highest BCUT2D eigenvalue weighted by molar-refractivity contribution is 6.08. The van der Waals surface area contributed by atoms with Crippen molar-refractivity contribution in [2.75, 3.05) is 11.4 Å². The first-order chi connectivity index (χ1) is 17.4. The molecule has 0 spiro atoms. The third-order valence-corrected chi connectivity index (χ3v) is 5.99. The Balaban J connectivity index is 1.56. The minimum atomic E-state index is -4.52. The lowest BCUT2D eigenvalue weighted by molar-refractivity contribution is -0.137. The predicted molar refractivity (Wildman–Crippen MR) is 128 cm³/mol. The van der Waals surface area contributed by atoms with Gasteiger partial charge in [0.2, 0.25) is 0 Å². The Hall–Kier alpha value is -3.82. The van der Waals surface area contributed by atoms with E-state index in [1.165, 1.54) is 36.1 Å². The lowest BCUT2D eigenvalue weighted by atomic mass is 9.98. The number of alkyl halides is 6. The lowest BCUT2D eigenvalue weighted by Gasteiger charge is -2.29. The second-order valence-electron chi connectivity index (χ2n) is 8.53. The molecule has 1 heterocycles. The van der Waals surface area contributed by atoms with Crippen LogP contribution >= 0.6 is 0 Å². The summed E-state index contributed by atoms with van der Waals surface area (Å²) in [6.45, 7) is 3.38. The fourth-order valence-corrected chi connectivity index (χ4v) is 4.03. The zero-order valence-electron chi connectivity index (χ0n) is 19.9. The van der Waals surface area contributed by atoms with E-state index in [0.29, 0.717) is 29.8 Å². The summed E-state index contributed by atoms with van der Waals surface area (Å²) in [5.41, 5.74) is 0.670. The number of carbonyl (C=O) groups is 1. The molecule has 0 aromatic heterocycles. The molecule has 0 saturated heterocycles. The van der Waals surface area contributed by atoms with Crippen molar-refractivity contribution >= 4 is 23.0 Å². The molecule has 0 bridgehead atoms. The molecule has 0 radical (unpaired) electrons. The van der Waals surface area contributed by atoms with Crippen LogP contribution in [0.15, 0.2) is 65.7 Å². The van der Waals surface area contributed by atoms with Crippen LogP contribution in [0.1, 0.15) is 40.4 Å². The van der Waals surface area contributed by atoms with E-state index in [1.807, 2.05) is 0 Å². The number of aliphatic imine (C=N–C) groups is 1. The minimum absolute atomic E-state index is 0.176. The van der Waals surface area contributed by atoms with Crippen molar-refractivity contribution in [2.45, 2.75) is 39.0 Å². The molecule has 0 saturated carbocycles. The Morgan fingerprint density at radius 2 is 1.62 bits per heavy atom. The van der Waals surface area contributed by atoms with Gasteiger partial charge in [-0.1, -0.05) is 13.0 Å². The second kappa shape index (κ2) is 9.91. The summed E-state index contributed by atoms with van der Waals surface area (Å²) >= 11 is 0. The minimum Gasteiger partial charge on any atom is -0.457 e. The number of rotatable bonds is 5. The molecule has 3 aromatic carbocycles. The first-order valence-electron chi connectivity index (χ1n) is 11.4. The number of anilines is 1. The number of ether oxygens (including phenoxy) is 1. The van der Waals surface area contributed by atoms with Gasteiger partial charge in [0.15, 0.2) is 0 Å². The third kappa shape index (κ3) is 5.79. The van der Waals surface area contributed by atoms with Crippen LogP contribution in [-0.2, 0) is 12.6 Å². The van der Waals surface area contributed by atoms with E-state index < -0.39 is 23.6 Å². The molecule has 4 nitrogen and oxygen atoms in total. The van der Waals surface area contributed by atoms with Gasteiger partial charge < -0.3 is 9.64 Å². The highest BCUT2D eigenvalue weighted by Crippen LogP contribution is 2.34. The van der Waals surface area contributed by atoms with Crippen LogP contribution in [0.4, 0.5) is 37.7 Å². The maximum absolute atomic E-state index is 13.3. The normalized spacial score (nSPS) is 14.5. The predicted octanol–water partition coefficient (Wildman–Crippen LogP) is 8.05. The average molecular weight is 520 g/mol. The van der Waals surface area contributed by atoms with E-state index in [-0.39, 0.29) is 29.5 Å². The number of halogens is 6. The average Bonchev–Trinajstić information content (AvgIpc) is 2.83. The van der Waals surface area contributed by atoms with Crippen LogP contribution < -0.4 is 9.64 Å². The zero-order valence-corrected chi connectivity index (χ0v) is 19.9. The largest absolute Gasteiger partial charge is 0.457 e. The van der Waals surface area contributed by atoms with E-state index in [2.05, 4.69) is 4.99 Å². The number of hydrogen-bond donors (Lipinski definition) is 0. The number of carbonyl (C=O) groups excluding carboxylic acids is 1. The number of nitrogens with zero attached hydrogens (tertiary/aromatic N) is 2. The second-order valence-corrected chi connectivity index (χ2v) is 8.53. The third-order valence-electron chi connectivity index (χ3n) is 5.99. The molecule has 0 N–H and O–H groups in total. The van der Waals surface area contributed by atoms with Crippen LogP contribution in [-0.4, -0.2) is 24.3 Å². The highest BCUT2D eigenvalue weighted by atomic mass is 19.4. The maximum Gasteiger partial charge on any atom is 0.429 e. The van der Waals surface area contributed by atoms with Crippen molar-refractivity contribution in [3.63, 3.8) is 0 Å². The van der Waals surface area contributed by atoms with Crippen molar-refractivity contribution in [1.29, 1.82) is 0 Å². The number of benzene rings is 3. The fraction of sp³-hybridized carbons (Fsp3) is 0.259. The smallest absolute Gasteiger partial charge is 0.429 e. The summed E-state index contributed by atoms with van der Waals surface area (Å²) in [5, 5.41) is 0. The molecule has 1 aliphatic rings. The molecular weight excluding hydrogens is 498 g/mol. The lowest BCUT2D eigenvalue weighted by Crippen LogP contribution is -2.37. The van der Waals surface area contributed by atoms with Gasteiger partial charge in [-0.25, -0.2) is 4.99 Å². The van der Waals surface area contributed by atoms with Crippen molar-refractivity contribution in [3.05, 3.63) is 82.9 Å². The van der Waals surface area contributed by atoms with Crippen molar-refractivity contribution < 1.29 is 35.9 Å². The first-order valence-corrected chi connectivity index (χ1v) is 11.4. The van der Waals surface area contributed by atoms with E-state index in [0.717, 1.165) is 17.7 Å². The molecule has 1 amide bonds. The Bertz CT molecular complexity index is 1340. The zero-order chi connectivity index (χ0) is 27.0. The Morgan fingerprint density at radius 1 is 0.946 bits per heavy atom. The van der Waals surface area contributed by atoms with Gasteiger partial charge in [-0.15, -0.1) is 0 Å². The maximum atomic E-state index is 13.3. The van der Waals surface area contributed by atoms with Gasteiger partial charge in [0, 0.05) is 17.8 Å². The Labute approximate surface area is 209 Å². The number of hydrogen-bond acceptors (Lipinski definition) is 3. The molecular formula is C27H22F6N2O2. The van der Waals surface area contributed by atoms with E-state index >= 15 is 0 Å². The van der Waals surface area contributed by atoms with E-state index in [1.54, 1.807) is 31.2 Å². The topological polar surface area (TPSA) is 41.9 Å². The van der Waals surface area contributed by atoms with Crippen LogP contribution in [0, 0.1) is 6.92 Å². The van der Waals surface area contributed by atoms with Gasteiger partial charge in [-0.3, -0.25) is 4.79 Å². The molecule has 0 aliphatic carbocycles. The standard InChI is InChI=1S/C27H22F6N2O2/c1-3-24(27(31,32)33)34-23-11-7-19(14-16(23)2)35-13-12-17-4-8-21(15-22(17)25(35)36)37-20-9-5-18(6-10-20)26(28,29)30/h4-11,14-15H,3,12-13H2,1-2H3. The molecule has 3 aromatic rings. The molecule has 0 unspecified atom stereocenters. The first kappa shape index (κ1) is 26.2. The quantitative estimate of drug-likeness (QED) is 0.252.